The molecular weight excluding hydrogens is 242 g/mol. The van der Waals surface area contributed by atoms with Gasteiger partial charge in [0.05, 0.1) is 24.3 Å². The lowest BCUT2D eigenvalue weighted by molar-refractivity contribution is -0.237. The van der Waals surface area contributed by atoms with Gasteiger partial charge < -0.3 is 14.3 Å². The molecule has 0 bridgehead atoms. The summed E-state index contributed by atoms with van der Waals surface area (Å²) in [5, 5.41) is 9.10. The van der Waals surface area contributed by atoms with Crippen LogP contribution in [-0.2, 0) is 14.3 Å². The van der Waals surface area contributed by atoms with Gasteiger partial charge in [-0.2, -0.15) is 5.26 Å². The molecule has 19 heavy (non-hydrogen) atoms. The predicted octanol–water partition coefficient (Wildman–Crippen LogP) is 2.59. The lowest BCUT2D eigenvalue weighted by Gasteiger charge is -2.37. The molecule has 1 aliphatic rings. The Morgan fingerprint density at radius 3 is 2.84 bits per heavy atom. The Bertz CT molecular complexity index is 504. The van der Waals surface area contributed by atoms with E-state index in [-0.39, 0.29) is 6.10 Å². The van der Waals surface area contributed by atoms with Gasteiger partial charge in [-0.25, -0.2) is 0 Å². The molecule has 1 aliphatic heterocycles. The molecule has 1 saturated heterocycles. The Morgan fingerprint density at radius 1 is 1.42 bits per heavy atom. The summed E-state index contributed by atoms with van der Waals surface area (Å²) < 4.78 is 11.5. The largest absolute Gasteiger partial charge is 0.348 e. The predicted molar refractivity (Wildman–Crippen MR) is 69.2 cm³/mol. The first kappa shape index (κ1) is 13.7. The van der Waals surface area contributed by atoms with Gasteiger partial charge in [-0.05, 0) is 12.5 Å². The van der Waals surface area contributed by atoms with Crippen molar-refractivity contribution in [3.05, 3.63) is 35.4 Å². The Labute approximate surface area is 112 Å². The minimum Gasteiger partial charge on any atom is -0.348 e. The molecule has 4 nitrogen and oxygen atoms in total. The maximum absolute atomic E-state index is 11.1. The number of carbonyl (C=O) groups excluding carboxylic acids is 1. The van der Waals surface area contributed by atoms with Crippen LogP contribution in [0.15, 0.2) is 24.3 Å². The SMILES string of the molecule is CC(C)(C=O)[C@@H]1CCO[C@H](c2ccccc2C#N)O1. The number of ether oxygens (including phenoxy) is 2. The van der Waals surface area contributed by atoms with Crippen molar-refractivity contribution in [1.82, 2.24) is 0 Å². The Hall–Kier alpha value is -1.70. The molecule has 1 fully saturated rings. The average molecular weight is 259 g/mol. The highest BCUT2D eigenvalue weighted by Gasteiger charge is 2.36. The van der Waals surface area contributed by atoms with Gasteiger partial charge in [-0.1, -0.05) is 32.0 Å². The Morgan fingerprint density at radius 2 is 2.16 bits per heavy atom. The molecule has 0 N–H and O–H groups in total. The fraction of sp³-hybridized carbons (Fsp3) is 0.467. The Balaban J connectivity index is 2.23. The van der Waals surface area contributed by atoms with Gasteiger partial charge in [0.25, 0.3) is 0 Å². The van der Waals surface area contributed by atoms with Crippen LogP contribution in [0.1, 0.15) is 37.7 Å². The van der Waals surface area contributed by atoms with Crippen LogP contribution in [0.2, 0.25) is 0 Å². The van der Waals surface area contributed by atoms with E-state index in [4.69, 9.17) is 14.7 Å². The molecule has 0 saturated carbocycles. The molecule has 4 heteroatoms. The summed E-state index contributed by atoms with van der Waals surface area (Å²) in [4.78, 5) is 11.1. The molecule has 0 amide bonds. The van der Waals surface area contributed by atoms with Gasteiger partial charge in [0.1, 0.15) is 6.29 Å². The van der Waals surface area contributed by atoms with E-state index in [1.54, 1.807) is 12.1 Å². The van der Waals surface area contributed by atoms with Crippen LogP contribution in [0.25, 0.3) is 0 Å². The van der Waals surface area contributed by atoms with Crippen molar-refractivity contribution in [1.29, 1.82) is 5.26 Å². The highest BCUT2D eigenvalue weighted by Crippen LogP contribution is 2.34. The molecule has 0 aromatic heterocycles. The van der Waals surface area contributed by atoms with Gasteiger partial charge in [-0.3, -0.25) is 0 Å². The number of benzene rings is 1. The van der Waals surface area contributed by atoms with Gasteiger partial charge in [-0.15, -0.1) is 0 Å². The van der Waals surface area contributed by atoms with Gasteiger partial charge in [0, 0.05) is 11.0 Å². The summed E-state index contributed by atoms with van der Waals surface area (Å²) in [5.41, 5.74) is 0.706. The van der Waals surface area contributed by atoms with E-state index in [1.165, 1.54) is 0 Å². The third kappa shape index (κ3) is 2.83. The number of carbonyl (C=O) groups is 1. The van der Waals surface area contributed by atoms with Crippen LogP contribution in [-0.4, -0.2) is 19.0 Å². The zero-order valence-corrected chi connectivity index (χ0v) is 11.1. The minimum atomic E-state index is -0.575. The maximum atomic E-state index is 11.1. The first-order valence-corrected chi connectivity index (χ1v) is 6.31. The maximum Gasteiger partial charge on any atom is 0.185 e. The van der Waals surface area contributed by atoms with Crippen molar-refractivity contribution in [2.24, 2.45) is 5.41 Å². The first-order chi connectivity index (χ1) is 9.08. The molecule has 0 spiro atoms. The minimum absolute atomic E-state index is 0.199. The second kappa shape index (κ2) is 5.52. The summed E-state index contributed by atoms with van der Waals surface area (Å²) >= 11 is 0. The van der Waals surface area contributed by atoms with Crippen molar-refractivity contribution in [3.8, 4) is 6.07 Å². The number of hydrogen-bond acceptors (Lipinski definition) is 4. The van der Waals surface area contributed by atoms with Crippen LogP contribution in [0, 0.1) is 16.7 Å². The van der Waals surface area contributed by atoms with Crippen LogP contribution in [0.4, 0.5) is 0 Å². The summed E-state index contributed by atoms with van der Waals surface area (Å²) in [6.45, 7) is 4.22. The standard InChI is InChI=1S/C15H17NO3/c1-15(2,10-17)13-7-8-18-14(19-13)12-6-4-3-5-11(12)9-16/h3-6,10,13-14H,7-8H2,1-2H3/t13-,14-/m0/s1. The van der Waals surface area contributed by atoms with Crippen LogP contribution in [0.5, 0.6) is 0 Å². The van der Waals surface area contributed by atoms with Crippen LogP contribution >= 0.6 is 0 Å². The van der Waals surface area contributed by atoms with E-state index in [0.29, 0.717) is 18.6 Å². The molecule has 1 aromatic carbocycles. The lowest BCUT2D eigenvalue weighted by Crippen LogP contribution is -2.39. The van der Waals surface area contributed by atoms with Gasteiger partial charge in [0.2, 0.25) is 0 Å². The van der Waals surface area contributed by atoms with E-state index in [1.807, 2.05) is 26.0 Å². The second-order valence-corrected chi connectivity index (χ2v) is 5.25. The van der Waals surface area contributed by atoms with Crippen molar-refractivity contribution in [2.45, 2.75) is 32.7 Å². The Kier molecular flexibility index (Phi) is 3.98. The molecule has 0 unspecified atom stereocenters. The molecule has 2 rings (SSSR count). The zero-order chi connectivity index (χ0) is 13.9. The van der Waals surface area contributed by atoms with E-state index in [0.717, 1.165) is 11.8 Å². The molecule has 1 aromatic rings. The van der Waals surface area contributed by atoms with E-state index < -0.39 is 11.7 Å². The number of aldehydes is 1. The van der Waals surface area contributed by atoms with Crippen LogP contribution in [0.3, 0.4) is 0 Å². The summed E-state index contributed by atoms with van der Waals surface area (Å²) in [6.07, 6.45) is 0.817. The van der Waals surface area contributed by atoms with Crippen LogP contribution < -0.4 is 0 Å². The van der Waals surface area contributed by atoms with Crippen molar-refractivity contribution in [2.75, 3.05) is 6.61 Å². The highest BCUT2D eigenvalue weighted by molar-refractivity contribution is 5.59. The fourth-order valence-electron chi connectivity index (χ4n) is 2.13. The number of nitriles is 1. The van der Waals surface area contributed by atoms with Crippen molar-refractivity contribution in [3.63, 3.8) is 0 Å². The third-order valence-corrected chi connectivity index (χ3v) is 3.41. The number of rotatable bonds is 3. The third-order valence-electron chi connectivity index (χ3n) is 3.41. The highest BCUT2D eigenvalue weighted by atomic mass is 16.7. The van der Waals surface area contributed by atoms with Gasteiger partial charge in [0.15, 0.2) is 6.29 Å². The summed E-state index contributed by atoms with van der Waals surface area (Å²) in [5.74, 6) is 0. The average Bonchev–Trinajstić information content (AvgIpc) is 2.47. The zero-order valence-electron chi connectivity index (χ0n) is 11.1. The molecule has 1 heterocycles. The lowest BCUT2D eigenvalue weighted by atomic mass is 9.86. The quantitative estimate of drug-likeness (QED) is 0.783. The molecular formula is C15H17NO3. The van der Waals surface area contributed by atoms with Crippen molar-refractivity contribution < 1.29 is 14.3 Å². The molecule has 2 atom stereocenters. The van der Waals surface area contributed by atoms with E-state index >= 15 is 0 Å². The van der Waals surface area contributed by atoms with Gasteiger partial charge >= 0.3 is 0 Å². The van der Waals surface area contributed by atoms with E-state index in [9.17, 15) is 4.79 Å². The summed E-state index contributed by atoms with van der Waals surface area (Å²) in [7, 11) is 0. The normalized spacial score (nSPS) is 23.6. The monoisotopic (exact) mass is 259 g/mol. The fourth-order valence-corrected chi connectivity index (χ4v) is 2.13. The van der Waals surface area contributed by atoms with Crippen molar-refractivity contribution >= 4 is 6.29 Å². The summed E-state index contributed by atoms with van der Waals surface area (Å²) in [6, 6.07) is 9.33. The number of hydrogen-bond donors (Lipinski definition) is 0. The smallest absolute Gasteiger partial charge is 0.185 e. The molecule has 0 aliphatic carbocycles. The number of nitrogens with zero attached hydrogens (tertiary/aromatic N) is 1. The molecule has 0 radical (unpaired) electrons. The second-order valence-electron chi connectivity index (χ2n) is 5.25. The molecule has 100 valence electrons. The topological polar surface area (TPSA) is 59.3 Å². The van der Waals surface area contributed by atoms with E-state index in [2.05, 4.69) is 6.07 Å². The first-order valence-electron chi connectivity index (χ1n) is 6.31.